The lowest BCUT2D eigenvalue weighted by molar-refractivity contribution is -0.0724. The maximum atomic E-state index is 14.2. The minimum Gasteiger partial charge on any atom is -0.493 e. The highest BCUT2D eigenvalue weighted by Crippen LogP contribution is 2.44. The van der Waals surface area contributed by atoms with Gasteiger partial charge in [-0.15, -0.1) is 0 Å². The van der Waals surface area contributed by atoms with Crippen molar-refractivity contribution < 1.29 is 19.0 Å². The number of piperidine rings is 1. The zero-order valence-electron chi connectivity index (χ0n) is 18.4. The molecule has 0 amide bonds. The Balaban J connectivity index is 1.13. The molecular formula is C24H31ClFN3O3. The van der Waals surface area contributed by atoms with Crippen LogP contribution in [0.5, 0.6) is 5.75 Å². The van der Waals surface area contributed by atoms with Gasteiger partial charge in [-0.2, -0.15) is 0 Å². The van der Waals surface area contributed by atoms with Gasteiger partial charge in [0.15, 0.2) is 6.29 Å². The summed E-state index contributed by atoms with van der Waals surface area (Å²) in [5, 5.41) is 10.1. The minimum atomic E-state index is -0.999. The van der Waals surface area contributed by atoms with E-state index in [1.807, 2.05) is 0 Å². The number of methoxy groups -OCH3 is 1. The molecule has 2 aliphatic rings. The molecule has 2 aromatic rings. The van der Waals surface area contributed by atoms with Gasteiger partial charge in [0.05, 0.1) is 24.0 Å². The highest BCUT2D eigenvalue weighted by atomic mass is 35.5. The molecule has 6 nitrogen and oxygen atoms in total. The molecule has 174 valence electrons. The Morgan fingerprint density at radius 3 is 2.56 bits per heavy atom. The van der Waals surface area contributed by atoms with Gasteiger partial charge in [0.25, 0.3) is 0 Å². The van der Waals surface area contributed by atoms with Gasteiger partial charge in [-0.25, -0.2) is 14.4 Å². The van der Waals surface area contributed by atoms with E-state index in [0.717, 1.165) is 37.3 Å². The smallest absolute Gasteiger partial charge is 0.225 e. The first-order valence-corrected chi connectivity index (χ1v) is 11.7. The molecule has 0 bridgehead atoms. The van der Waals surface area contributed by atoms with Gasteiger partial charge in [0, 0.05) is 32.7 Å². The molecule has 32 heavy (non-hydrogen) atoms. The maximum Gasteiger partial charge on any atom is 0.225 e. The van der Waals surface area contributed by atoms with E-state index in [9.17, 15) is 9.50 Å². The van der Waals surface area contributed by atoms with E-state index in [2.05, 4.69) is 14.9 Å². The van der Waals surface area contributed by atoms with Crippen LogP contribution < -0.4 is 9.64 Å². The minimum absolute atomic E-state index is 0.123. The van der Waals surface area contributed by atoms with Gasteiger partial charge in [-0.3, -0.25) is 0 Å². The van der Waals surface area contributed by atoms with E-state index in [1.165, 1.54) is 38.9 Å². The number of hydrogen-bond donors (Lipinski definition) is 1. The van der Waals surface area contributed by atoms with Crippen LogP contribution in [0.4, 0.5) is 10.3 Å². The lowest BCUT2D eigenvalue weighted by Crippen LogP contribution is -2.40. The maximum absolute atomic E-state index is 14.2. The third kappa shape index (κ3) is 5.88. The number of hydrogen-bond acceptors (Lipinski definition) is 6. The molecule has 2 fully saturated rings. The summed E-state index contributed by atoms with van der Waals surface area (Å²) in [6.45, 7) is 2.60. The zero-order valence-corrected chi connectivity index (χ0v) is 19.2. The second-order valence-corrected chi connectivity index (χ2v) is 9.34. The first-order chi connectivity index (χ1) is 15.5. The van der Waals surface area contributed by atoms with Crippen molar-refractivity contribution in [1.82, 2.24) is 9.97 Å². The van der Waals surface area contributed by atoms with Crippen LogP contribution in [0.15, 0.2) is 30.6 Å². The van der Waals surface area contributed by atoms with Crippen molar-refractivity contribution in [3.63, 3.8) is 0 Å². The van der Waals surface area contributed by atoms with Crippen molar-refractivity contribution in [2.24, 2.45) is 17.8 Å². The lowest BCUT2D eigenvalue weighted by atomic mass is 9.65. The summed E-state index contributed by atoms with van der Waals surface area (Å²) in [4.78, 5) is 10.9. The number of aliphatic hydroxyl groups excluding tert-OH is 1. The SMILES string of the molecule is COC(O)Cc1ccc(OCCC2CC(C3CCN(c4ncc(Cl)cn4)CC3)C2)cc1F. The van der Waals surface area contributed by atoms with Crippen LogP contribution in [0.1, 0.15) is 37.7 Å². The molecule has 0 radical (unpaired) electrons. The number of ether oxygens (including phenoxy) is 2. The molecule has 1 N–H and O–H groups in total. The number of aliphatic hydroxyl groups is 1. The first-order valence-electron chi connectivity index (χ1n) is 11.4. The number of nitrogens with zero attached hydrogens (tertiary/aromatic N) is 3. The standard InChI is InChI=1S/C24H31ClFN3O3/c1-31-23(30)12-18-2-3-21(13-22(18)26)32-9-6-16-10-19(11-16)17-4-7-29(8-5-17)24-27-14-20(25)15-28-24/h2-3,13-17,19,23,30H,4-12H2,1H3. The number of aromatic nitrogens is 2. The van der Waals surface area contributed by atoms with Crippen LogP contribution in [0.25, 0.3) is 0 Å². The summed E-state index contributed by atoms with van der Waals surface area (Å²) in [6, 6.07) is 4.79. The summed E-state index contributed by atoms with van der Waals surface area (Å²) in [7, 11) is 1.39. The molecule has 1 aliphatic heterocycles. The van der Waals surface area contributed by atoms with Crippen LogP contribution in [0.3, 0.4) is 0 Å². The average Bonchev–Trinajstić information content (AvgIpc) is 2.77. The molecule has 1 saturated heterocycles. The Morgan fingerprint density at radius 1 is 1.19 bits per heavy atom. The number of halogens is 2. The molecule has 1 saturated carbocycles. The highest BCUT2D eigenvalue weighted by Gasteiger charge is 2.36. The third-order valence-corrected chi connectivity index (χ3v) is 7.05. The Morgan fingerprint density at radius 2 is 1.91 bits per heavy atom. The van der Waals surface area contributed by atoms with E-state index < -0.39 is 6.29 Å². The van der Waals surface area contributed by atoms with Crippen molar-refractivity contribution >= 4 is 17.5 Å². The van der Waals surface area contributed by atoms with Crippen LogP contribution in [-0.2, 0) is 11.2 Å². The van der Waals surface area contributed by atoms with E-state index >= 15 is 0 Å². The topological polar surface area (TPSA) is 67.7 Å². The second kappa shape index (κ2) is 10.8. The fourth-order valence-electron chi connectivity index (χ4n) is 4.85. The quantitative estimate of drug-likeness (QED) is 0.553. The van der Waals surface area contributed by atoms with Gasteiger partial charge in [-0.1, -0.05) is 17.7 Å². The second-order valence-electron chi connectivity index (χ2n) is 8.91. The first kappa shape index (κ1) is 23.2. The van der Waals surface area contributed by atoms with E-state index in [0.29, 0.717) is 28.9 Å². The number of rotatable bonds is 9. The van der Waals surface area contributed by atoms with E-state index in [-0.39, 0.29) is 12.2 Å². The van der Waals surface area contributed by atoms with Gasteiger partial charge in [0.2, 0.25) is 5.95 Å². The van der Waals surface area contributed by atoms with Gasteiger partial charge >= 0.3 is 0 Å². The highest BCUT2D eigenvalue weighted by molar-refractivity contribution is 6.30. The summed E-state index contributed by atoms with van der Waals surface area (Å²) in [5.74, 6) is 3.20. The summed E-state index contributed by atoms with van der Waals surface area (Å²) >= 11 is 5.88. The zero-order chi connectivity index (χ0) is 22.5. The Bertz CT molecular complexity index is 871. The molecule has 8 heteroatoms. The van der Waals surface area contributed by atoms with E-state index in [4.69, 9.17) is 21.1 Å². The van der Waals surface area contributed by atoms with Crippen LogP contribution in [0.2, 0.25) is 5.02 Å². The Labute approximate surface area is 193 Å². The summed E-state index contributed by atoms with van der Waals surface area (Å²) in [5.41, 5.74) is 0.419. The van der Waals surface area contributed by atoms with Crippen LogP contribution in [-0.4, -0.2) is 48.2 Å². The molecule has 1 aromatic carbocycles. The Kier molecular flexibility index (Phi) is 7.81. The van der Waals surface area contributed by atoms with Crippen molar-refractivity contribution in [1.29, 1.82) is 0 Å². The van der Waals surface area contributed by atoms with Crippen molar-refractivity contribution in [3.8, 4) is 5.75 Å². The van der Waals surface area contributed by atoms with Gasteiger partial charge in [0.1, 0.15) is 11.6 Å². The molecule has 4 rings (SSSR count). The van der Waals surface area contributed by atoms with Gasteiger partial charge in [-0.05, 0) is 61.5 Å². The van der Waals surface area contributed by atoms with E-state index in [1.54, 1.807) is 24.5 Å². The molecule has 1 atom stereocenters. The normalized spacial score (nSPS) is 22.4. The fourth-order valence-corrected chi connectivity index (χ4v) is 4.94. The summed E-state index contributed by atoms with van der Waals surface area (Å²) < 4.78 is 24.7. The number of anilines is 1. The van der Waals surface area contributed by atoms with Gasteiger partial charge < -0.3 is 19.5 Å². The average molecular weight is 464 g/mol. The summed E-state index contributed by atoms with van der Waals surface area (Å²) in [6.07, 6.45) is 8.32. The predicted molar refractivity (Wildman–Crippen MR) is 121 cm³/mol. The van der Waals surface area contributed by atoms with Crippen molar-refractivity contribution in [3.05, 3.63) is 47.0 Å². The molecule has 1 aliphatic carbocycles. The van der Waals surface area contributed by atoms with Crippen LogP contribution in [0, 0.1) is 23.6 Å². The molecular weight excluding hydrogens is 433 g/mol. The van der Waals surface area contributed by atoms with Crippen molar-refractivity contribution in [2.75, 3.05) is 31.7 Å². The van der Waals surface area contributed by atoms with Crippen molar-refractivity contribution in [2.45, 2.75) is 44.8 Å². The number of benzene rings is 1. The predicted octanol–water partition coefficient (Wildman–Crippen LogP) is 4.49. The molecule has 2 heterocycles. The van der Waals surface area contributed by atoms with Crippen LogP contribution >= 0.6 is 11.6 Å². The largest absolute Gasteiger partial charge is 0.493 e. The fraction of sp³-hybridized carbons (Fsp3) is 0.583. The molecule has 0 spiro atoms. The Hall–Kier alpha value is -1.96. The monoisotopic (exact) mass is 463 g/mol. The third-order valence-electron chi connectivity index (χ3n) is 6.85. The lowest BCUT2D eigenvalue weighted by Gasteiger charge is -2.44. The molecule has 1 unspecified atom stereocenters. The molecule has 1 aromatic heterocycles.